The van der Waals surface area contributed by atoms with Gasteiger partial charge in [-0.15, -0.1) is 0 Å². The van der Waals surface area contributed by atoms with Crippen LogP contribution in [0.4, 0.5) is 5.82 Å². The molecule has 56 heavy (non-hydrogen) atoms. The molecule has 1 aliphatic rings. The normalized spacial score (nSPS) is 23.8. The van der Waals surface area contributed by atoms with E-state index in [1.54, 1.807) is 0 Å². The summed E-state index contributed by atoms with van der Waals surface area (Å²) in [5.74, 6) is -0.219. The van der Waals surface area contributed by atoms with Crippen molar-refractivity contribution in [2.75, 3.05) is 39.1 Å². The van der Waals surface area contributed by atoms with Gasteiger partial charge in [0.15, 0.2) is 0 Å². The minimum Gasteiger partial charge on any atom is -0.390 e. The van der Waals surface area contributed by atoms with Crippen LogP contribution in [0.3, 0.4) is 0 Å². The van der Waals surface area contributed by atoms with Crippen molar-refractivity contribution >= 4 is 58.7 Å². The highest BCUT2D eigenvalue weighted by Gasteiger charge is 2.50. The largest absolute Gasteiger partial charge is 0.490 e. The zero-order valence-corrected chi connectivity index (χ0v) is 34.8. The van der Waals surface area contributed by atoms with Crippen molar-refractivity contribution in [1.82, 2.24) is 20.2 Å². The van der Waals surface area contributed by atoms with Gasteiger partial charge in [-0.2, -0.15) is 26.5 Å². The lowest BCUT2D eigenvalue weighted by molar-refractivity contribution is -0.121. The van der Waals surface area contributed by atoms with E-state index >= 15 is 0 Å². The Balaban J connectivity index is 1.77. The van der Waals surface area contributed by atoms with Gasteiger partial charge in [-0.25, -0.2) is 32.2 Å². The molecule has 1 fully saturated rings. The van der Waals surface area contributed by atoms with Crippen LogP contribution in [0.1, 0.15) is 64.0 Å². The molecular formula is C22H45N5O23P6. The van der Waals surface area contributed by atoms with Crippen molar-refractivity contribution in [2.24, 2.45) is 0 Å². The predicted molar refractivity (Wildman–Crippen MR) is 188 cm³/mol. The molecule has 0 spiro atoms. The molecule has 0 bridgehead atoms. The average Bonchev–Trinajstić information content (AvgIpc) is 3.37. The summed E-state index contributed by atoms with van der Waals surface area (Å²) >= 11 is 0. The van der Waals surface area contributed by atoms with Crippen molar-refractivity contribution in [3.05, 3.63) is 22.7 Å². The fraction of sp³-hybridized carbons (Fsp3) is 0.773. The number of amides is 1. The summed E-state index contributed by atoms with van der Waals surface area (Å²) < 4.78 is 106. The second-order valence-corrected chi connectivity index (χ2v) is 20.9. The van der Waals surface area contributed by atoms with Crippen LogP contribution >= 0.6 is 46.9 Å². The maximum atomic E-state index is 12.2. The number of aromatic nitrogens is 2. The van der Waals surface area contributed by atoms with E-state index in [0.29, 0.717) is 32.2 Å². The van der Waals surface area contributed by atoms with Gasteiger partial charge in [0.1, 0.15) is 18.1 Å². The summed E-state index contributed by atoms with van der Waals surface area (Å²) in [5, 5.41) is 15.9. The molecule has 1 aromatic rings. The third-order valence-electron chi connectivity index (χ3n) is 6.78. The van der Waals surface area contributed by atoms with E-state index in [1.807, 2.05) is 7.05 Å². The predicted octanol–water partition coefficient (Wildman–Crippen LogP) is 1.65. The average molecular weight is 933 g/mol. The molecule has 1 saturated heterocycles. The van der Waals surface area contributed by atoms with E-state index in [9.17, 15) is 71.4 Å². The second-order valence-electron chi connectivity index (χ2n) is 11.5. The molecule has 0 radical (unpaired) electrons. The first-order valence-electron chi connectivity index (χ1n) is 16.2. The van der Waals surface area contributed by atoms with E-state index in [2.05, 4.69) is 46.2 Å². The Morgan fingerprint density at radius 2 is 1.30 bits per heavy atom. The van der Waals surface area contributed by atoms with Crippen molar-refractivity contribution < 1.29 is 102 Å². The maximum Gasteiger partial charge on any atom is 0.490 e. The number of hydrogen-bond acceptors (Lipinski definition) is 20. The van der Waals surface area contributed by atoms with Gasteiger partial charge in [0.25, 0.3) is 0 Å². The zero-order chi connectivity index (χ0) is 42.4. The Labute approximate surface area is 318 Å². The van der Waals surface area contributed by atoms with Crippen LogP contribution in [0.25, 0.3) is 0 Å². The van der Waals surface area contributed by atoms with Crippen LogP contribution in [-0.4, -0.2) is 95.5 Å². The van der Waals surface area contributed by atoms with Crippen molar-refractivity contribution in [3.63, 3.8) is 0 Å². The van der Waals surface area contributed by atoms with E-state index in [-0.39, 0.29) is 24.6 Å². The lowest BCUT2D eigenvalue weighted by Gasteiger charge is -2.21. The Hall–Kier alpha value is -1.11. The molecule has 1 aliphatic heterocycles. The number of nitrogen functional groups attached to an aromatic ring is 1. The van der Waals surface area contributed by atoms with Gasteiger partial charge >= 0.3 is 52.6 Å². The number of ether oxygens (including phenoxy) is 1. The van der Waals surface area contributed by atoms with Crippen molar-refractivity contribution in [1.29, 1.82) is 0 Å². The summed E-state index contributed by atoms with van der Waals surface area (Å²) in [6.45, 7) is -0.361. The topological polar surface area (TPSA) is 420 Å². The second kappa shape index (κ2) is 22.5. The number of unbranched alkanes of at least 4 members (excludes halogenated alkanes) is 5. The lowest BCUT2D eigenvalue weighted by Crippen LogP contribution is -2.28. The van der Waals surface area contributed by atoms with Gasteiger partial charge < -0.3 is 55.6 Å². The van der Waals surface area contributed by atoms with Crippen molar-refractivity contribution in [2.45, 2.75) is 76.2 Å². The number of hydrogen-bond donors (Lipinski definition) is 10. The summed E-state index contributed by atoms with van der Waals surface area (Å²) in [6, 6.07) is 1.23. The van der Waals surface area contributed by atoms with Crippen LogP contribution in [0, 0.1) is 0 Å². The van der Waals surface area contributed by atoms with E-state index in [1.165, 1.54) is 12.3 Å². The highest BCUT2D eigenvalue weighted by atomic mass is 31.3. The highest BCUT2D eigenvalue weighted by Crippen LogP contribution is 2.75. The third kappa shape index (κ3) is 20.7. The number of nitrogens with two attached hydrogens (primary N) is 1. The molecule has 0 saturated carbocycles. The smallest absolute Gasteiger partial charge is 0.390 e. The molecule has 1 aromatic heterocycles. The van der Waals surface area contributed by atoms with E-state index < -0.39 is 84.3 Å². The number of aliphatic hydroxyl groups is 1. The first kappa shape index (κ1) is 51.0. The molecular weight excluding hydrogens is 888 g/mol. The molecule has 7 unspecified atom stereocenters. The molecule has 34 heteroatoms. The first-order chi connectivity index (χ1) is 25.7. The number of phosphoric ester groups is 2. The Morgan fingerprint density at radius 1 is 0.804 bits per heavy atom. The van der Waals surface area contributed by atoms with Crippen LogP contribution < -0.4 is 22.1 Å². The Morgan fingerprint density at radius 3 is 1.86 bits per heavy atom. The van der Waals surface area contributed by atoms with Crippen molar-refractivity contribution in [3.8, 4) is 0 Å². The maximum absolute atomic E-state index is 12.2. The number of nitrogens with zero attached hydrogens (tertiary/aromatic N) is 2. The molecule has 11 N–H and O–H groups in total. The number of aliphatic hydroxyl groups excluding tert-OH is 1. The number of carbonyl (C=O) groups is 1. The Kier molecular flexibility index (Phi) is 20.5. The Bertz CT molecular complexity index is 1800. The summed E-state index contributed by atoms with van der Waals surface area (Å²) in [6.07, 6.45) is 1.42. The van der Waals surface area contributed by atoms with Crippen LogP contribution in [0.15, 0.2) is 17.1 Å². The molecule has 9 atom stereocenters. The zero-order valence-electron chi connectivity index (χ0n) is 29.4. The van der Waals surface area contributed by atoms with Gasteiger partial charge in [-0.05, 0) is 45.3 Å². The fourth-order valence-electron chi connectivity index (χ4n) is 4.45. The standard InChI is InChI=1S/C22H45N5O23P6/c1-24-11-6-4-5-9-20(29)25-12-7-2-3-8-14-43-51(31,32)46-53(35,36)48-55(39,40)50-56(41,42)49-54(37,38)47-52(33,34)44-16-18-17(28)15-21(45-18)27-13-10-19(23)26-22(27)30/h10,13,17-18,21,24,28H,2-9,11-12,14-16H2,1H3,(H,25,29)(H,31,32)(H,33,34)(H,35,36)(H,37,38)(H,39,40)(H,41,42)(H2,23,26,30)/t17?,18-,21-/m1/s1. The van der Waals surface area contributed by atoms with Gasteiger partial charge in [0, 0.05) is 25.6 Å². The van der Waals surface area contributed by atoms with E-state index in [4.69, 9.17) is 10.5 Å². The quantitative estimate of drug-likeness (QED) is 0.0422. The van der Waals surface area contributed by atoms with Gasteiger partial charge in [-0.3, -0.25) is 18.4 Å². The van der Waals surface area contributed by atoms with E-state index in [0.717, 1.165) is 30.4 Å². The van der Waals surface area contributed by atoms with Gasteiger partial charge in [0.05, 0.1) is 19.3 Å². The molecule has 2 rings (SSSR count). The number of nitrogens with one attached hydrogen (secondary N) is 2. The number of carbonyl (C=O) groups excluding carboxylic acids is 1. The minimum absolute atomic E-state index is 0.0967. The number of anilines is 1. The lowest BCUT2D eigenvalue weighted by atomic mass is 10.1. The summed E-state index contributed by atoms with van der Waals surface area (Å²) in [5.41, 5.74) is 4.52. The minimum atomic E-state index is -6.46. The van der Waals surface area contributed by atoms with Gasteiger partial charge in [0.2, 0.25) is 5.91 Å². The molecule has 326 valence electrons. The highest BCUT2D eigenvalue weighted by molar-refractivity contribution is 7.72. The molecule has 0 aromatic carbocycles. The summed E-state index contributed by atoms with van der Waals surface area (Å²) in [4.78, 5) is 85.4. The van der Waals surface area contributed by atoms with Crippen LogP contribution in [0.2, 0.25) is 0 Å². The molecule has 0 aliphatic carbocycles. The van der Waals surface area contributed by atoms with Crippen LogP contribution in [-0.2, 0) is 67.5 Å². The number of rotatable bonds is 28. The van der Waals surface area contributed by atoms with Gasteiger partial charge in [-0.1, -0.05) is 19.3 Å². The SMILES string of the molecule is CNCCCCCC(=O)NCCCCCCOP(=O)(O)OP(=O)(O)OP(=O)(O)OP(=O)(O)OP(=O)(O)OP(=O)(O)OC[C@H]1O[C@@H](n2ccc(N)nc2=O)CC1O. The third-order valence-corrected chi connectivity index (χ3v) is 16.0. The molecule has 28 nitrogen and oxygen atoms in total. The number of phosphoric acid groups is 6. The molecule has 2 heterocycles. The monoisotopic (exact) mass is 933 g/mol. The first-order valence-corrected chi connectivity index (χ1v) is 25.1. The summed E-state index contributed by atoms with van der Waals surface area (Å²) in [7, 11) is -34.9. The molecule has 1 amide bonds. The fourth-order valence-corrected chi connectivity index (χ4v) is 12.3. The van der Waals surface area contributed by atoms with Crippen LogP contribution in [0.5, 0.6) is 0 Å².